The van der Waals surface area contributed by atoms with Gasteiger partial charge in [0.05, 0.1) is 12.2 Å². The molecule has 196 valence electrons. The zero-order valence-electron chi connectivity index (χ0n) is 21.0. The molecule has 34 heavy (non-hydrogen) atoms. The lowest BCUT2D eigenvalue weighted by molar-refractivity contribution is -0.131. The molecule has 0 bridgehead atoms. The summed E-state index contributed by atoms with van der Waals surface area (Å²) in [5, 5.41) is 7.92. The SMILES string of the molecule is C.C/C=C\C(N)=NC(=O)CCC.CC(=O)/C=C\C(=O)O.CCC(C)C(=O)CCC1CCC(C)O1. The molecule has 3 atom stereocenters. The number of Topliss-reactive ketones (excluding diaryl/α,β-unsaturated/α-hetero) is 1. The normalized spacial score (nSPS) is 18.2. The predicted molar refractivity (Wildman–Crippen MR) is 138 cm³/mol. The molecule has 0 aromatic heterocycles. The van der Waals surface area contributed by atoms with Gasteiger partial charge in [-0.1, -0.05) is 34.3 Å². The molecular weight excluding hydrogens is 436 g/mol. The van der Waals surface area contributed by atoms with Crippen LogP contribution in [0.5, 0.6) is 0 Å². The van der Waals surface area contributed by atoms with Gasteiger partial charge in [-0.05, 0) is 65.0 Å². The molecule has 3 unspecified atom stereocenters. The highest BCUT2D eigenvalue weighted by atomic mass is 16.5. The summed E-state index contributed by atoms with van der Waals surface area (Å²) in [5.41, 5.74) is 5.36. The van der Waals surface area contributed by atoms with E-state index in [0.29, 0.717) is 30.8 Å². The van der Waals surface area contributed by atoms with Crippen LogP contribution < -0.4 is 5.73 Å². The Bertz CT molecular complexity index is 681. The van der Waals surface area contributed by atoms with E-state index >= 15 is 0 Å². The average molecular weight is 483 g/mol. The minimum absolute atomic E-state index is 0. The van der Waals surface area contributed by atoms with E-state index in [1.807, 2.05) is 20.8 Å². The van der Waals surface area contributed by atoms with Crippen molar-refractivity contribution in [3.63, 3.8) is 0 Å². The number of amidine groups is 1. The maximum atomic E-state index is 11.6. The molecule has 1 rings (SSSR count). The van der Waals surface area contributed by atoms with E-state index in [0.717, 1.165) is 44.3 Å². The van der Waals surface area contributed by atoms with E-state index in [2.05, 4.69) is 18.8 Å². The molecule has 0 aromatic rings. The summed E-state index contributed by atoms with van der Waals surface area (Å²) in [6, 6.07) is 0. The Balaban J connectivity index is -0.000000435. The molecule has 8 heteroatoms. The van der Waals surface area contributed by atoms with Crippen LogP contribution in [0, 0.1) is 5.92 Å². The molecule has 0 aliphatic carbocycles. The van der Waals surface area contributed by atoms with Crippen LogP contribution in [-0.4, -0.2) is 46.6 Å². The van der Waals surface area contributed by atoms with Gasteiger partial charge in [-0.3, -0.25) is 14.4 Å². The molecule has 1 fully saturated rings. The third-order valence-corrected chi connectivity index (χ3v) is 4.71. The lowest BCUT2D eigenvalue weighted by atomic mass is 9.98. The Morgan fingerprint density at radius 3 is 2.12 bits per heavy atom. The van der Waals surface area contributed by atoms with Crippen LogP contribution in [0.1, 0.15) is 93.9 Å². The number of carbonyl (C=O) groups excluding carboxylic acids is 3. The number of nitrogens with two attached hydrogens (primary N) is 1. The Morgan fingerprint density at radius 1 is 1.12 bits per heavy atom. The highest BCUT2D eigenvalue weighted by Crippen LogP contribution is 2.23. The lowest BCUT2D eigenvalue weighted by Crippen LogP contribution is -2.14. The van der Waals surface area contributed by atoms with Crippen molar-refractivity contribution in [2.75, 3.05) is 0 Å². The van der Waals surface area contributed by atoms with E-state index < -0.39 is 5.97 Å². The topological polar surface area (TPSA) is 136 Å². The molecule has 0 spiro atoms. The number of hydrogen-bond acceptors (Lipinski definition) is 5. The van der Waals surface area contributed by atoms with E-state index in [9.17, 15) is 19.2 Å². The highest BCUT2D eigenvalue weighted by molar-refractivity contribution is 5.99. The van der Waals surface area contributed by atoms with Crippen LogP contribution in [0.15, 0.2) is 29.3 Å². The maximum Gasteiger partial charge on any atom is 0.328 e. The first-order valence-electron chi connectivity index (χ1n) is 11.6. The summed E-state index contributed by atoms with van der Waals surface area (Å²) >= 11 is 0. The molecular formula is C26H46N2O6. The largest absolute Gasteiger partial charge is 0.478 e. The highest BCUT2D eigenvalue weighted by Gasteiger charge is 2.22. The van der Waals surface area contributed by atoms with Crippen molar-refractivity contribution < 1.29 is 29.0 Å². The van der Waals surface area contributed by atoms with Gasteiger partial charge in [0, 0.05) is 24.8 Å². The van der Waals surface area contributed by atoms with Crippen molar-refractivity contribution in [1.82, 2.24) is 0 Å². The van der Waals surface area contributed by atoms with Crippen molar-refractivity contribution in [3.8, 4) is 0 Å². The van der Waals surface area contributed by atoms with Crippen LogP contribution in [0.4, 0.5) is 0 Å². The van der Waals surface area contributed by atoms with Gasteiger partial charge in [0.25, 0.3) is 0 Å². The fourth-order valence-electron chi connectivity index (χ4n) is 2.69. The number of aliphatic imine (C=N–C) groups is 1. The smallest absolute Gasteiger partial charge is 0.328 e. The molecule has 1 heterocycles. The van der Waals surface area contributed by atoms with Gasteiger partial charge in [-0.25, -0.2) is 4.79 Å². The van der Waals surface area contributed by atoms with Crippen LogP contribution in [0.2, 0.25) is 0 Å². The lowest BCUT2D eigenvalue weighted by Gasteiger charge is -2.12. The Morgan fingerprint density at radius 2 is 1.74 bits per heavy atom. The zero-order valence-corrected chi connectivity index (χ0v) is 21.0. The van der Waals surface area contributed by atoms with Gasteiger partial charge in [0.2, 0.25) is 5.91 Å². The van der Waals surface area contributed by atoms with Crippen LogP contribution in [0.25, 0.3) is 0 Å². The van der Waals surface area contributed by atoms with E-state index in [1.54, 1.807) is 12.2 Å². The van der Waals surface area contributed by atoms with E-state index in [-0.39, 0.29) is 30.9 Å². The zero-order chi connectivity index (χ0) is 25.8. The number of allylic oxidation sites excluding steroid dienone is 2. The monoisotopic (exact) mass is 482 g/mol. The first kappa shape index (κ1) is 36.0. The van der Waals surface area contributed by atoms with Crippen molar-refractivity contribution in [1.29, 1.82) is 0 Å². The second-order valence-electron chi connectivity index (χ2n) is 7.92. The van der Waals surface area contributed by atoms with Gasteiger partial charge >= 0.3 is 5.97 Å². The molecule has 1 aliphatic heterocycles. The standard InChI is InChI=1S/C12H22O2.C8H14N2O.C5H6O3.CH4/c1-4-9(2)12(13)8-7-11-6-5-10(3)14-11;1-3-5-7(9)10-8(11)6-4-2;1-4(6)2-3-5(7)8;/h9-11H,4-8H2,1-3H3;3,5H,4,6H2,1-2H3,(H2,9,10,11);2-3H,1H3,(H,7,8);1H4/b;5-3-;3-2-;. The second-order valence-corrected chi connectivity index (χ2v) is 7.92. The summed E-state index contributed by atoms with van der Waals surface area (Å²) in [5.74, 6) is -0.592. The summed E-state index contributed by atoms with van der Waals surface area (Å²) in [7, 11) is 0. The number of ketones is 2. The third-order valence-electron chi connectivity index (χ3n) is 4.71. The summed E-state index contributed by atoms with van der Waals surface area (Å²) in [4.78, 5) is 45.7. The Hall–Kier alpha value is -2.61. The van der Waals surface area contributed by atoms with Gasteiger partial charge in [-0.15, -0.1) is 0 Å². The van der Waals surface area contributed by atoms with Gasteiger partial charge < -0.3 is 15.6 Å². The molecule has 0 saturated carbocycles. The van der Waals surface area contributed by atoms with Crippen LogP contribution >= 0.6 is 0 Å². The molecule has 1 aliphatic rings. The first-order chi connectivity index (χ1) is 15.5. The number of aliphatic carboxylic acids is 1. The van der Waals surface area contributed by atoms with Crippen molar-refractivity contribution in [2.24, 2.45) is 16.6 Å². The molecule has 1 amide bonds. The van der Waals surface area contributed by atoms with Crippen molar-refractivity contribution >= 4 is 29.3 Å². The van der Waals surface area contributed by atoms with E-state index in [4.69, 9.17) is 15.6 Å². The van der Waals surface area contributed by atoms with Crippen LogP contribution in [-0.2, 0) is 23.9 Å². The number of rotatable bonds is 10. The van der Waals surface area contributed by atoms with Gasteiger partial charge in [0.1, 0.15) is 11.6 Å². The summed E-state index contributed by atoms with van der Waals surface area (Å²) in [6.07, 6.45) is 12.1. The molecule has 3 N–H and O–H groups in total. The minimum atomic E-state index is -1.10. The molecule has 8 nitrogen and oxygen atoms in total. The average Bonchev–Trinajstić information content (AvgIpc) is 3.16. The number of amides is 1. The molecule has 0 aromatic carbocycles. The number of carboxylic acids is 1. The number of hydrogen-bond donors (Lipinski definition) is 2. The van der Waals surface area contributed by atoms with Gasteiger partial charge in [-0.2, -0.15) is 4.99 Å². The number of ether oxygens (including phenoxy) is 1. The predicted octanol–water partition coefficient (Wildman–Crippen LogP) is 5.05. The number of carbonyl (C=O) groups is 4. The van der Waals surface area contributed by atoms with Crippen LogP contribution in [0.3, 0.4) is 0 Å². The quantitative estimate of drug-likeness (QED) is 0.252. The summed E-state index contributed by atoms with van der Waals surface area (Å²) < 4.78 is 5.67. The second kappa shape index (κ2) is 22.2. The Labute approximate surface area is 205 Å². The fourth-order valence-corrected chi connectivity index (χ4v) is 2.69. The number of nitrogens with zero attached hydrogens (tertiary/aromatic N) is 1. The molecule has 0 radical (unpaired) electrons. The maximum absolute atomic E-state index is 11.6. The first-order valence-corrected chi connectivity index (χ1v) is 11.6. The van der Waals surface area contributed by atoms with E-state index in [1.165, 1.54) is 6.92 Å². The van der Waals surface area contributed by atoms with Crippen molar-refractivity contribution in [3.05, 3.63) is 24.3 Å². The van der Waals surface area contributed by atoms with Crippen molar-refractivity contribution in [2.45, 2.75) is 106 Å². The fraction of sp³-hybridized carbons (Fsp3) is 0.654. The third kappa shape index (κ3) is 22.6. The van der Waals surface area contributed by atoms with Gasteiger partial charge in [0.15, 0.2) is 5.78 Å². The Kier molecular flexibility index (Phi) is 23.5. The summed E-state index contributed by atoms with van der Waals surface area (Å²) in [6.45, 7) is 11.2. The molecule has 1 saturated heterocycles. The number of carboxylic acid groups (broad SMARTS) is 1. The minimum Gasteiger partial charge on any atom is -0.478 e.